The second-order valence-corrected chi connectivity index (χ2v) is 5.86. The molecule has 1 unspecified atom stereocenters. The summed E-state index contributed by atoms with van der Waals surface area (Å²) in [7, 11) is 0. The first kappa shape index (κ1) is 13.2. The summed E-state index contributed by atoms with van der Waals surface area (Å²) in [4.78, 5) is 4.51. The van der Waals surface area contributed by atoms with Crippen LogP contribution >= 0.6 is 11.3 Å². The number of thiazole rings is 1. The van der Waals surface area contributed by atoms with Crippen molar-refractivity contribution in [3.63, 3.8) is 0 Å². The van der Waals surface area contributed by atoms with Gasteiger partial charge < -0.3 is 0 Å². The van der Waals surface area contributed by atoms with Crippen LogP contribution in [0.2, 0.25) is 0 Å². The third-order valence-corrected chi connectivity index (χ3v) is 4.41. The van der Waals surface area contributed by atoms with Gasteiger partial charge in [-0.05, 0) is 29.3 Å². The molecule has 1 atom stereocenters. The molecule has 0 fully saturated rings. The first-order valence-corrected chi connectivity index (χ1v) is 7.50. The molecule has 1 heterocycles. The van der Waals surface area contributed by atoms with Gasteiger partial charge in [0, 0.05) is 17.5 Å². The van der Waals surface area contributed by atoms with Crippen LogP contribution in [0.25, 0.3) is 10.8 Å². The van der Waals surface area contributed by atoms with E-state index < -0.39 is 0 Å². The van der Waals surface area contributed by atoms with Crippen molar-refractivity contribution in [1.29, 1.82) is 0 Å². The molecule has 3 nitrogen and oxygen atoms in total. The Hall–Kier alpha value is -1.75. The van der Waals surface area contributed by atoms with Crippen molar-refractivity contribution in [3.8, 4) is 0 Å². The normalized spacial score (nSPS) is 12.7. The Bertz CT molecular complexity index is 720. The smallest absolute Gasteiger partial charge is 0.0947 e. The van der Waals surface area contributed by atoms with Gasteiger partial charge in [0.1, 0.15) is 0 Å². The molecule has 0 saturated carbocycles. The average Bonchev–Trinajstić information content (AvgIpc) is 2.89. The van der Waals surface area contributed by atoms with E-state index in [0.717, 1.165) is 17.1 Å². The van der Waals surface area contributed by atoms with E-state index in [9.17, 15) is 0 Å². The third kappa shape index (κ3) is 2.72. The van der Waals surface area contributed by atoms with E-state index in [-0.39, 0.29) is 6.04 Å². The largest absolute Gasteiger partial charge is 0.271 e. The van der Waals surface area contributed by atoms with Gasteiger partial charge in [-0.1, -0.05) is 36.4 Å². The van der Waals surface area contributed by atoms with E-state index in [0.29, 0.717) is 0 Å². The summed E-state index contributed by atoms with van der Waals surface area (Å²) in [5, 5.41) is 5.67. The van der Waals surface area contributed by atoms with Gasteiger partial charge in [-0.2, -0.15) is 0 Å². The van der Waals surface area contributed by atoms with Gasteiger partial charge in [0.2, 0.25) is 0 Å². The van der Waals surface area contributed by atoms with Gasteiger partial charge in [0.25, 0.3) is 0 Å². The molecular formula is C16H17N3S. The lowest BCUT2D eigenvalue weighted by molar-refractivity contribution is 0.551. The minimum Gasteiger partial charge on any atom is -0.271 e. The van der Waals surface area contributed by atoms with Crippen molar-refractivity contribution in [1.82, 2.24) is 10.4 Å². The number of rotatable bonds is 4. The molecule has 2 aromatic carbocycles. The molecule has 0 aliphatic heterocycles. The third-order valence-electron chi connectivity index (χ3n) is 3.42. The SMILES string of the molecule is Cc1csc(CC(NN)c2ccc3ccccc3c2)n1. The van der Waals surface area contributed by atoms with Gasteiger partial charge in [0.05, 0.1) is 11.0 Å². The number of hydrogen-bond acceptors (Lipinski definition) is 4. The van der Waals surface area contributed by atoms with Crippen LogP contribution in [0.1, 0.15) is 22.3 Å². The maximum atomic E-state index is 5.73. The van der Waals surface area contributed by atoms with E-state index in [1.54, 1.807) is 11.3 Å². The fraction of sp³-hybridized carbons (Fsp3) is 0.188. The maximum Gasteiger partial charge on any atom is 0.0947 e. The number of aryl methyl sites for hydroxylation is 1. The Labute approximate surface area is 122 Å². The number of benzene rings is 2. The van der Waals surface area contributed by atoms with Crippen LogP contribution < -0.4 is 11.3 Å². The summed E-state index contributed by atoms with van der Waals surface area (Å²) in [5.74, 6) is 5.73. The Morgan fingerprint density at radius 2 is 2.00 bits per heavy atom. The lowest BCUT2D eigenvalue weighted by Gasteiger charge is -2.15. The molecule has 3 rings (SSSR count). The van der Waals surface area contributed by atoms with Crippen LogP contribution in [0.3, 0.4) is 0 Å². The molecule has 102 valence electrons. The van der Waals surface area contributed by atoms with E-state index in [2.05, 4.69) is 58.3 Å². The molecule has 0 aliphatic carbocycles. The number of nitrogens with two attached hydrogens (primary N) is 1. The molecule has 20 heavy (non-hydrogen) atoms. The van der Waals surface area contributed by atoms with Crippen molar-refractivity contribution in [2.75, 3.05) is 0 Å². The molecule has 0 bridgehead atoms. The van der Waals surface area contributed by atoms with Gasteiger partial charge in [-0.25, -0.2) is 4.98 Å². The quantitative estimate of drug-likeness (QED) is 0.570. The monoisotopic (exact) mass is 283 g/mol. The highest BCUT2D eigenvalue weighted by Gasteiger charge is 2.13. The van der Waals surface area contributed by atoms with Crippen LogP contribution in [0.5, 0.6) is 0 Å². The summed E-state index contributed by atoms with van der Waals surface area (Å²) in [6, 6.07) is 14.9. The van der Waals surface area contributed by atoms with Gasteiger partial charge in [0.15, 0.2) is 0 Å². The van der Waals surface area contributed by atoms with Crippen LogP contribution in [0.4, 0.5) is 0 Å². The van der Waals surface area contributed by atoms with Gasteiger partial charge in [-0.15, -0.1) is 11.3 Å². The zero-order chi connectivity index (χ0) is 13.9. The second kappa shape index (κ2) is 5.71. The number of nitrogens with one attached hydrogen (secondary N) is 1. The van der Waals surface area contributed by atoms with Crippen LogP contribution in [-0.4, -0.2) is 4.98 Å². The van der Waals surface area contributed by atoms with Crippen LogP contribution in [0.15, 0.2) is 47.8 Å². The fourth-order valence-electron chi connectivity index (χ4n) is 2.37. The molecule has 4 heteroatoms. The van der Waals surface area contributed by atoms with Crippen LogP contribution in [-0.2, 0) is 6.42 Å². The lowest BCUT2D eigenvalue weighted by atomic mass is 10.0. The number of aromatic nitrogens is 1. The van der Waals surface area contributed by atoms with Crippen molar-refractivity contribution in [2.24, 2.45) is 5.84 Å². The minimum absolute atomic E-state index is 0.0881. The molecule has 0 amide bonds. The zero-order valence-electron chi connectivity index (χ0n) is 11.3. The molecule has 3 N–H and O–H groups in total. The van der Waals surface area contributed by atoms with Crippen molar-refractivity contribution >= 4 is 22.1 Å². The Morgan fingerprint density at radius 1 is 1.20 bits per heavy atom. The lowest BCUT2D eigenvalue weighted by Crippen LogP contribution is -2.29. The molecule has 1 aromatic heterocycles. The first-order chi connectivity index (χ1) is 9.76. The predicted octanol–water partition coefficient (Wildman–Crippen LogP) is 3.35. The van der Waals surface area contributed by atoms with Crippen molar-refractivity contribution in [2.45, 2.75) is 19.4 Å². The number of hydrazine groups is 1. The van der Waals surface area contributed by atoms with E-state index >= 15 is 0 Å². The number of hydrogen-bond donors (Lipinski definition) is 2. The second-order valence-electron chi connectivity index (χ2n) is 4.91. The first-order valence-electron chi connectivity index (χ1n) is 6.62. The summed E-state index contributed by atoms with van der Waals surface area (Å²) in [5.41, 5.74) is 5.17. The number of nitrogens with zero attached hydrogens (tertiary/aromatic N) is 1. The van der Waals surface area contributed by atoms with E-state index in [1.165, 1.54) is 16.3 Å². The predicted molar refractivity (Wildman–Crippen MR) is 84.6 cm³/mol. The molecular weight excluding hydrogens is 266 g/mol. The Morgan fingerprint density at radius 3 is 2.70 bits per heavy atom. The molecule has 0 spiro atoms. The van der Waals surface area contributed by atoms with Crippen molar-refractivity contribution < 1.29 is 0 Å². The maximum absolute atomic E-state index is 5.73. The van der Waals surface area contributed by atoms with Crippen LogP contribution in [0, 0.1) is 6.92 Å². The fourth-order valence-corrected chi connectivity index (χ4v) is 3.19. The standard InChI is InChI=1S/C16H17N3S/c1-11-10-20-16(18-11)9-15(19-17)14-7-6-12-4-2-3-5-13(12)8-14/h2-8,10,15,19H,9,17H2,1H3. The van der Waals surface area contributed by atoms with Crippen molar-refractivity contribution in [3.05, 3.63) is 64.1 Å². The van der Waals surface area contributed by atoms with E-state index in [1.807, 2.05) is 6.92 Å². The number of fused-ring (bicyclic) bond motifs is 1. The Kier molecular flexibility index (Phi) is 3.78. The van der Waals surface area contributed by atoms with Gasteiger partial charge >= 0.3 is 0 Å². The minimum atomic E-state index is 0.0881. The van der Waals surface area contributed by atoms with E-state index in [4.69, 9.17) is 5.84 Å². The average molecular weight is 283 g/mol. The summed E-state index contributed by atoms with van der Waals surface area (Å²) in [6.45, 7) is 2.01. The highest BCUT2D eigenvalue weighted by atomic mass is 32.1. The molecule has 0 aliphatic rings. The zero-order valence-corrected chi connectivity index (χ0v) is 12.2. The van der Waals surface area contributed by atoms with Gasteiger partial charge in [-0.3, -0.25) is 11.3 Å². The molecule has 0 radical (unpaired) electrons. The highest BCUT2D eigenvalue weighted by molar-refractivity contribution is 7.09. The molecule has 3 aromatic rings. The summed E-state index contributed by atoms with van der Waals surface area (Å²) >= 11 is 1.68. The summed E-state index contributed by atoms with van der Waals surface area (Å²) in [6.07, 6.45) is 0.813. The topological polar surface area (TPSA) is 50.9 Å². The summed E-state index contributed by atoms with van der Waals surface area (Å²) < 4.78 is 0. The Balaban J connectivity index is 1.90. The highest BCUT2D eigenvalue weighted by Crippen LogP contribution is 2.23. The molecule has 0 saturated heterocycles.